The molecule has 0 aliphatic carbocycles. The zero-order chi connectivity index (χ0) is 13.1. The van der Waals surface area contributed by atoms with Crippen LogP contribution >= 0.6 is 0 Å². The summed E-state index contributed by atoms with van der Waals surface area (Å²) in [4.78, 5) is 2.35. The molecular weight excluding hydrogens is 242 g/mol. The summed E-state index contributed by atoms with van der Waals surface area (Å²) in [6.45, 7) is 5.95. The van der Waals surface area contributed by atoms with Gasteiger partial charge >= 0.3 is 0 Å². The van der Waals surface area contributed by atoms with E-state index in [0.717, 1.165) is 44.8 Å². The van der Waals surface area contributed by atoms with E-state index in [1.54, 1.807) is 0 Å². The summed E-state index contributed by atoms with van der Waals surface area (Å²) in [5.74, 6) is 0.965. The summed E-state index contributed by atoms with van der Waals surface area (Å²) >= 11 is 0. The van der Waals surface area contributed by atoms with Crippen molar-refractivity contribution in [2.24, 2.45) is 0 Å². The molecule has 0 radical (unpaired) electrons. The number of hydrogen-bond acceptors (Lipinski definition) is 5. The molecule has 0 spiro atoms. The van der Waals surface area contributed by atoms with E-state index in [4.69, 9.17) is 0 Å². The molecule has 0 atom stereocenters. The van der Waals surface area contributed by atoms with Gasteiger partial charge in [-0.05, 0) is 22.9 Å². The first-order chi connectivity index (χ1) is 9.36. The van der Waals surface area contributed by atoms with Crippen molar-refractivity contribution < 1.29 is 0 Å². The van der Waals surface area contributed by atoms with Gasteiger partial charge in [-0.1, -0.05) is 13.3 Å². The topological polar surface area (TPSA) is 64.7 Å². The van der Waals surface area contributed by atoms with Crippen LogP contribution < -0.4 is 0 Å². The minimum Gasteiger partial charge on any atom is -0.292 e. The van der Waals surface area contributed by atoms with Gasteiger partial charge < -0.3 is 0 Å². The molecule has 0 bridgehead atoms. The van der Waals surface area contributed by atoms with E-state index in [1.165, 1.54) is 0 Å². The molecule has 2 aromatic heterocycles. The Labute approximate surface area is 112 Å². The van der Waals surface area contributed by atoms with E-state index >= 15 is 0 Å². The third-order valence-corrected chi connectivity index (χ3v) is 3.53. The number of aryl methyl sites for hydroxylation is 1. The Hall–Kier alpha value is -1.76. The van der Waals surface area contributed by atoms with Crippen LogP contribution in [0.4, 0.5) is 0 Å². The highest BCUT2D eigenvalue weighted by atomic mass is 15.5. The van der Waals surface area contributed by atoms with E-state index in [2.05, 4.69) is 32.4 Å². The van der Waals surface area contributed by atoms with Crippen molar-refractivity contribution in [3.8, 4) is 0 Å². The largest absolute Gasteiger partial charge is 0.292 e. The Morgan fingerprint density at radius 1 is 1.37 bits per heavy atom. The maximum Gasteiger partial charge on any atom is 0.165 e. The number of aromatic nitrogens is 6. The van der Waals surface area contributed by atoms with E-state index in [9.17, 15) is 0 Å². The molecule has 0 amide bonds. The number of tetrazole rings is 1. The molecule has 1 saturated heterocycles. The molecule has 0 N–H and O–H groups in total. The maximum atomic E-state index is 4.27. The van der Waals surface area contributed by atoms with Crippen molar-refractivity contribution in [2.45, 2.75) is 38.9 Å². The smallest absolute Gasteiger partial charge is 0.165 e. The van der Waals surface area contributed by atoms with Crippen LogP contribution in [0.15, 0.2) is 18.5 Å². The molecule has 1 fully saturated rings. The van der Waals surface area contributed by atoms with Crippen LogP contribution in [0.1, 0.15) is 31.6 Å². The highest BCUT2D eigenvalue weighted by Crippen LogP contribution is 2.21. The van der Waals surface area contributed by atoms with Crippen molar-refractivity contribution in [1.29, 1.82) is 0 Å². The SMILES string of the molecule is CCCCn1nnnc1CN1CC(n2cccn2)C1. The summed E-state index contributed by atoms with van der Waals surface area (Å²) in [5, 5.41) is 16.2. The van der Waals surface area contributed by atoms with Gasteiger partial charge in [-0.2, -0.15) is 5.10 Å². The summed E-state index contributed by atoms with van der Waals surface area (Å²) in [7, 11) is 0. The second-order valence-electron chi connectivity index (χ2n) is 5.01. The van der Waals surface area contributed by atoms with Gasteiger partial charge in [0.2, 0.25) is 0 Å². The summed E-state index contributed by atoms with van der Waals surface area (Å²) in [6.07, 6.45) is 6.12. The minimum atomic E-state index is 0.495. The van der Waals surface area contributed by atoms with Gasteiger partial charge in [0.25, 0.3) is 0 Å². The Balaban J connectivity index is 1.52. The van der Waals surface area contributed by atoms with Crippen molar-refractivity contribution in [2.75, 3.05) is 13.1 Å². The monoisotopic (exact) mass is 261 g/mol. The highest BCUT2D eigenvalue weighted by Gasteiger charge is 2.29. The lowest BCUT2D eigenvalue weighted by molar-refractivity contribution is 0.0863. The quantitative estimate of drug-likeness (QED) is 0.767. The lowest BCUT2D eigenvalue weighted by Gasteiger charge is -2.38. The second-order valence-corrected chi connectivity index (χ2v) is 5.01. The molecule has 0 aromatic carbocycles. The molecule has 7 heteroatoms. The van der Waals surface area contributed by atoms with Gasteiger partial charge in [-0.25, -0.2) is 4.68 Å². The van der Waals surface area contributed by atoms with Crippen LogP contribution in [0.3, 0.4) is 0 Å². The number of unbranched alkanes of at least 4 members (excludes halogenated alkanes) is 1. The zero-order valence-electron chi connectivity index (χ0n) is 11.2. The summed E-state index contributed by atoms with van der Waals surface area (Å²) in [6, 6.07) is 2.46. The molecule has 0 saturated carbocycles. The molecule has 19 heavy (non-hydrogen) atoms. The predicted octanol–water partition coefficient (Wildman–Crippen LogP) is 0.727. The van der Waals surface area contributed by atoms with Gasteiger partial charge in [-0.3, -0.25) is 9.58 Å². The van der Waals surface area contributed by atoms with Crippen LogP contribution in [-0.4, -0.2) is 48.0 Å². The third kappa shape index (κ3) is 2.65. The van der Waals surface area contributed by atoms with E-state index < -0.39 is 0 Å². The molecular formula is C12H19N7. The molecule has 0 unspecified atom stereocenters. The fraction of sp³-hybridized carbons (Fsp3) is 0.667. The van der Waals surface area contributed by atoms with Crippen molar-refractivity contribution in [3.63, 3.8) is 0 Å². The fourth-order valence-electron chi connectivity index (χ4n) is 2.35. The third-order valence-electron chi connectivity index (χ3n) is 3.53. The van der Waals surface area contributed by atoms with Crippen LogP contribution in [0, 0.1) is 0 Å². The molecule has 3 heterocycles. The van der Waals surface area contributed by atoms with Crippen LogP contribution in [0.5, 0.6) is 0 Å². The van der Waals surface area contributed by atoms with E-state index in [-0.39, 0.29) is 0 Å². The number of rotatable bonds is 6. The molecule has 1 aliphatic rings. The van der Waals surface area contributed by atoms with E-state index in [1.807, 2.05) is 27.8 Å². The van der Waals surface area contributed by atoms with Gasteiger partial charge in [0.1, 0.15) is 0 Å². The number of likely N-dealkylation sites (tertiary alicyclic amines) is 1. The van der Waals surface area contributed by atoms with Crippen molar-refractivity contribution >= 4 is 0 Å². The molecule has 2 aromatic rings. The van der Waals surface area contributed by atoms with Gasteiger partial charge in [-0.15, -0.1) is 5.10 Å². The van der Waals surface area contributed by atoms with Crippen LogP contribution in [-0.2, 0) is 13.1 Å². The first kappa shape index (κ1) is 12.3. The Bertz CT molecular complexity index is 498. The van der Waals surface area contributed by atoms with Gasteiger partial charge in [0, 0.05) is 32.0 Å². The average Bonchev–Trinajstić information content (AvgIpc) is 3.02. The average molecular weight is 261 g/mol. The molecule has 7 nitrogen and oxygen atoms in total. The Morgan fingerprint density at radius 2 is 2.26 bits per heavy atom. The maximum absolute atomic E-state index is 4.27. The standard InChI is InChI=1S/C12H19N7/c1-2-3-6-19-12(14-15-16-19)10-17-8-11(9-17)18-7-4-5-13-18/h4-5,7,11H,2-3,6,8-10H2,1H3. The first-order valence-electron chi connectivity index (χ1n) is 6.83. The fourth-order valence-corrected chi connectivity index (χ4v) is 2.35. The summed E-state index contributed by atoms with van der Waals surface area (Å²) < 4.78 is 3.95. The lowest BCUT2D eigenvalue weighted by atomic mass is 10.1. The predicted molar refractivity (Wildman–Crippen MR) is 69.3 cm³/mol. The van der Waals surface area contributed by atoms with Crippen LogP contribution in [0.2, 0.25) is 0 Å². The van der Waals surface area contributed by atoms with Crippen LogP contribution in [0.25, 0.3) is 0 Å². The second kappa shape index (κ2) is 5.48. The van der Waals surface area contributed by atoms with Gasteiger partial charge in [0.05, 0.1) is 12.6 Å². The van der Waals surface area contributed by atoms with Crippen molar-refractivity contribution in [1.82, 2.24) is 34.9 Å². The number of nitrogens with zero attached hydrogens (tertiary/aromatic N) is 7. The Kier molecular flexibility index (Phi) is 3.54. The first-order valence-corrected chi connectivity index (χ1v) is 6.83. The Morgan fingerprint density at radius 3 is 3.00 bits per heavy atom. The molecule has 1 aliphatic heterocycles. The zero-order valence-corrected chi connectivity index (χ0v) is 11.2. The van der Waals surface area contributed by atoms with E-state index in [0.29, 0.717) is 6.04 Å². The minimum absolute atomic E-state index is 0.495. The number of hydrogen-bond donors (Lipinski definition) is 0. The molecule has 102 valence electrons. The highest BCUT2D eigenvalue weighted by molar-refractivity contribution is 4.92. The van der Waals surface area contributed by atoms with Gasteiger partial charge in [0.15, 0.2) is 5.82 Å². The van der Waals surface area contributed by atoms with Crippen molar-refractivity contribution in [3.05, 3.63) is 24.3 Å². The summed E-state index contributed by atoms with van der Waals surface area (Å²) in [5.41, 5.74) is 0. The lowest BCUT2D eigenvalue weighted by Crippen LogP contribution is -2.47. The molecule has 3 rings (SSSR count). The normalized spacial score (nSPS) is 16.7.